The molecule has 0 saturated carbocycles. The van der Waals surface area contributed by atoms with Gasteiger partial charge in [-0.2, -0.15) is 5.10 Å². The summed E-state index contributed by atoms with van der Waals surface area (Å²) in [5.41, 5.74) is 0.736. The number of carbonyl (C=O) groups excluding carboxylic acids is 1. The zero-order valence-electron chi connectivity index (χ0n) is 11.4. The number of rotatable bonds is 5. The molecule has 0 spiro atoms. The van der Waals surface area contributed by atoms with Crippen LogP contribution in [0.1, 0.15) is 37.0 Å². The molecular weight excluding hydrogens is 264 g/mol. The third-order valence-corrected chi connectivity index (χ3v) is 3.05. The Bertz CT molecular complexity index is 576. The summed E-state index contributed by atoms with van der Waals surface area (Å²) in [4.78, 5) is 22.3. The first-order chi connectivity index (χ1) is 9.54. The zero-order valence-corrected chi connectivity index (χ0v) is 11.4. The van der Waals surface area contributed by atoms with Gasteiger partial charge in [0.15, 0.2) is 0 Å². The summed E-state index contributed by atoms with van der Waals surface area (Å²) in [6, 6.07) is 0. The van der Waals surface area contributed by atoms with Crippen LogP contribution in [0, 0.1) is 10.1 Å². The summed E-state index contributed by atoms with van der Waals surface area (Å²) in [5, 5.41) is 17.7. The number of nitrogens with one attached hydrogen (secondary N) is 1. The molecule has 0 radical (unpaired) electrons. The lowest BCUT2D eigenvalue weighted by Crippen LogP contribution is -2.22. The van der Waals surface area contributed by atoms with Gasteiger partial charge in [-0.1, -0.05) is 13.3 Å². The average molecular weight is 280 g/mol. The van der Waals surface area contributed by atoms with Crippen molar-refractivity contribution in [3.05, 3.63) is 33.3 Å². The van der Waals surface area contributed by atoms with Crippen molar-refractivity contribution in [3.8, 4) is 0 Å². The predicted octanol–water partition coefficient (Wildman–Crippen LogP) is 1.77. The number of allylic oxidation sites excluding steroid dienone is 2. The highest BCUT2D eigenvalue weighted by Crippen LogP contribution is 2.25. The first-order valence-electron chi connectivity index (χ1n) is 6.38. The fourth-order valence-corrected chi connectivity index (χ4v) is 1.88. The van der Waals surface area contributed by atoms with Crippen LogP contribution in [0.4, 0.5) is 5.82 Å². The molecule has 0 aliphatic carbocycles. The van der Waals surface area contributed by atoms with Crippen molar-refractivity contribution in [2.45, 2.75) is 33.2 Å². The molecule has 2 rings (SSSR count). The molecule has 1 aliphatic rings. The maximum Gasteiger partial charge on any atom is 0.343 e. The van der Waals surface area contributed by atoms with E-state index < -0.39 is 10.9 Å². The normalized spacial score (nSPS) is 13.7. The Morgan fingerprint density at radius 2 is 2.40 bits per heavy atom. The van der Waals surface area contributed by atoms with E-state index >= 15 is 0 Å². The summed E-state index contributed by atoms with van der Waals surface area (Å²) in [6.07, 6.45) is 3.10. The van der Waals surface area contributed by atoms with Crippen LogP contribution in [-0.4, -0.2) is 27.3 Å². The van der Waals surface area contributed by atoms with E-state index in [1.807, 2.05) is 6.92 Å². The molecule has 0 aromatic carbocycles. The van der Waals surface area contributed by atoms with E-state index in [2.05, 4.69) is 10.4 Å². The number of ether oxygens (including phenoxy) is 1. The van der Waals surface area contributed by atoms with Crippen LogP contribution in [0.2, 0.25) is 0 Å². The Hall–Kier alpha value is -2.38. The number of fused-ring (bicyclic) bond motifs is 1. The fraction of sp³-hybridized carbons (Fsp3) is 0.500. The molecular formula is C12H16N4O4. The van der Waals surface area contributed by atoms with Gasteiger partial charge in [-0.15, -0.1) is 0 Å². The van der Waals surface area contributed by atoms with Gasteiger partial charge in [-0.3, -0.25) is 10.1 Å². The van der Waals surface area contributed by atoms with Crippen molar-refractivity contribution in [1.29, 1.82) is 0 Å². The number of anilines is 1. The molecule has 2 heterocycles. The Balaban J connectivity index is 2.16. The Morgan fingerprint density at radius 1 is 1.65 bits per heavy atom. The van der Waals surface area contributed by atoms with Crippen molar-refractivity contribution in [2.24, 2.45) is 0 Å². The van der Waals surface area contributed by atoms with Crippen molar-refractivity contribution in [3.63, 3.8) is 0 Å². The van der Waals surface area contributed by atoms with Crippen LogP contribution in [-0.2, 0) is 11.3 Å². The van der Waals surface area contributed by atoms with Crippen LogP contribution >= 0.6 is 0 Å². The lowest BCUT2D eigenvalue weighted by atomic mass is 10.2. The average Bonchev–Trinajstić information content (AvgIpc) is 2.80. The molecule has 0 atom stereocenters. The Kier molecular flexibility index (Phi) is 4.02. The number of nitrogens with zero attached hydrogens (tertiary/aromatic N) is 3. The van der Waals surface area contributed by atoms with Crippen molar-refractivity contribution < 1.29 is 14.5 Å². The molecule has 108 valence electrons. The van der Waals surface area contributed by atoms with Gasteiger partial charge in [0.25, 0.3) is 5.70 Å². The minimum absolute atomic E-state index is 0.0312. The molecule has 0 unspecified atom stereocenters. The first-order valence-corrected chi connectivity index (χ1v) is 6.38. The van der Waals surface area contributed by atoms with E-state index in [4.69, 9.17) is 4.74 Å². The molecule has 0 saturated heterocycles. The van der Waals surface area contributed by atoms with E-state index in [9.17, 15) is 14.9 Å². The highest BCUT2D eigenvalue weighted by molar-refractivity contribution is 5.95. The number of nitro groups is 1. The summed E-state index contributed by atoms with van der Waals surface area (Å²) < 4.78 is 6.51. The predicted molar refractivity (Wildman–Crippen MR) is 70.7 cm³/mol. The smallest absolute Gasteiger partial charge is 0.343 e. The molecule has 0 bridgehead atoms. The number of carbonyl (C=O) groups is 1. The molecule has 0 amide bonds. The minimum atomic E-state index is -0.468. The van der Waals surface area contributed by atoms with E-state index in [0.29, 0.717) is 23.7 Å². The second-order valence-corrected chi connectivity index (χ2v) is 4.51. The molecule has 20 heavy (non-hydrogen) atoms. The molecule has 8 nitrogen and oxygen atoms in total. The van der Waals surface area contributed by atoms with Gasteiger partial charge in [0.1, 0.15) is 17.9 Å². The quantitative estimate of drug-likeness (QED) is 0.382. The topological polar surface area (TPSA) is 99.3 Å². The summed E-state index contributed by atoms with van der Waals surface area (Å²) in [6.45, 7) is 3.99. The van der Waals surface area contributed by atoms with Crippen LogP contribution in [0.25, 0.3) is 0 Å². The monoisotopic (exact) mass is 280 g/mol. The highest BCUT2D eigenvalue weighted by Gasteiger charge is 2.28. The van der Waals surface area contributed by atoms with Gasteiger partial charge in [-0.05, 0) is 13.3 Å². The van der Waals surface area contributed by atoms with E-state index in [1.165, 1.54) is 10.9 Å². The second-order valence-electron chi connectivity index (χ2n) is 4.51. The summed E-state index contributed by atoms with van der Waals surface area (Å²) in [7, 11) is 0. The third-order valence-electron chi connectivity index (χ3n) is 3.05. The van der Waals surface area contributed by atoms with Gasteiger partial charge < -0.3 is 10.1 Å². The number of unbranched alkanes of at least 4 members (excludes halogenated alkanes) is 1. The fourth-order valence-electron chi connectivity index (χ4n) is 1.88. The van der Waals surface area contributed by atoms with Crippen LogP contribution < -0.4 is 5.32 Å². The maximum atomic E-state index is 11.9. The van der Waals surface area contributed by atoms with Gasteiger partial charge in [0.05, 0.1) is 23.4 Å². The largest absolute Gasteiger partial charge is 0.462 e. The van der Waals surface area contributed by atoms with Gasteiger partial charge in [-0.25, -0.2) is 9.48 Å². The van der Waals surface area contributed by atoms with Crippen molar-refractivity contribution >= 4 is 11.8 Å². The van der Waals surface area contributed by atoms with Crippen LogP contribution in [0.5, 0.6) is 0 Å². The Labute approximate surface area is 115 Å². The van der Waals surface area contributed by atoms with Crippen LogP contribution in [0.15, 0.2) is 17.6 Å². The molecule has 1 aromatic rings. The van der Waals surface area contributed by atoms with Gasteiger partial charge in [0, 0.05) is 0 Å². The summed E-state index contributed by atoms with van der Waals surface area (Å²) in [5.74, 6) is -0.0286. The molecule has 1 aromatic heterocycles. The SMILES string of the molecule is CCCCOC(=O)c1cnn2c1NC(C)=C([N+](=O)[O-])C2. The highest BCUT2D eigenvalue weighted by atomic mass is 16.6. The standard InChI is InChI=1S/C12H16N4O4/c1-3-4-5-20-12(17)9-6-13-15-7-10(16(18)19)8(2)14-11(9)15/h6,14H,3-5,7H2,1-2H3. The van der Waals surface area contributed by atoms with E-state index in [1.54, 1.807) is 6.92 Å². The maximum absolute atomic E-state index is 11.9. The van der Waals surface area contributed by atoms with Gasteiger partial charge >= 0.3 is 5.97 Å². The number of hydrogen-bond donors (Lipinski definition) is 1. The number of hydrogen-bond acceptors (Lipinski definition) is 6. The van der Waals surface area contributed by atoms with Crippen molar-refractivity contribution in [2.75, 3.05) is 11.9 Å². The molecule has 1 aliphatic heterocycles. The number of aromatic nitrogens is 2. The molecule has 8 heteroatoms. The second kappa shape index (κ2) is 5.72. The zero-order chi connectivity index (χ0) is 14.7. The van der Waals surface area contributed by atoms with Gasteiger partial charge in [0.2, 0.25) is 0 Å². The number of esters is 1. The molecule has 1 N–H and O–H groups in total. The molecule has 0 fully saturated rings. The van der Waals surface area contributed by atoms with Crippen molar-refractivity contribution in [1.82, 2.24) is 9.78 Å². The Morgan fingerprint density at radius 3 is 3.05 bits per heavy atom. The lowest BCUT2D eigenvalue weighted by Gasteiger charge is -2.16. The minimum Gasteiger partial charge on any atom is -0.462 e. The van der Waals surface area contributed by atoms with E-state index in [-0.39, 0.29) is 12.2 Å². The van der Waals surface area contributed by atoms with Crippen LogP contribution in [0.3, 0.4) is 0 Å². The summed E-state index contributed by atoms with van der Waals surface area (Å²) >= 11 is 0. The third kappa shape index (κ3) is 2.63. The first kappa shape index (κ1) is 14.0. The van der Waals surface area contributed by atoms with E-state index in [0.717, 1.165) is 12.8 Å². The lowest BCUT2D eigenvalue weighted by molar-refractivity contribution is -0.430.